The zero-order valence-corrected chi connectivity index (χ0v) is 15.8. The molecule has 0 aliphatic carbocycles. The second-order valence-corrected chi connectivity index (χ2v) is 9.02. The summed E-state index contributed by atoms with van der Waals surface area (Å²) in [5, 5.41) is 0. The molecule has 1 aromatic carbocycles. The molecule has 1 saturated heterocycles. The minimum absolute atomic E-state index is 0.00489. The van der Waals surface area contributed by atoms with E-state index in [2.05, 4.69) is 4.98 Å². The molecule has 3 rings (SSSR count). The lowest BCUT2D eigenvalue weighted by atomic mass is 10.1. The first-order chi connectivity index (χ1) is 12.3. The quantitative estimate of drug-likeness (QED) is 0.781. The maximum atomic E-state index is 13.1. The molecule has 1 aromatic heterocycles. The van der Waals surface area contributed by atoms with Gasteiger partial charge in [0.05, 0.1) is 28.7 Å². The molecule has 1 fully saturated rings. The minimum Gasteiger partial charge on any atom is -0.334 e. The maximum absolute atomic E-state index is 13.1. The summed E-state index contributed by atoms with van der Waals surface area (Å²) in [6, 6.07) is 6.73. The molecule has 0 saturated carbocycles. The largest absolute Gasteiger partial charge is 0.334 e. The van der Waals surface area contributed by atoms with Crippen molar-refractivity contribution in [3.8, 4) is 0 Å². The number of amides is 1. The average molecular weight is 377 g/mol. The number of hydrogen-bond donors (Lipinski definition) is 0. The number of fused-ring (bicyclic) bond motifs is 1. The third kappa shape index (κ3) is 3.65. The molecule has 2 atom stereocenters. The fourth-order valence-electron chi connectivity index (χ4n) is 3.50. The number of benzene rings is 1. The molecule has 7 nitrogen and oxygen atoms in total. The molecule has 0 N–H and O–H groups in total. The Bertz CT molecular complexity index is 983. The van der Waals surface area contributed by atoms with Crippen LogP contribution in [0.5, 0.6) is 0 Å². The minimum atomic E-state index is -3.10. The van der Waals surface area contributed by atoms with Gasteiger partial charge in [-0.1, -0.05) is 19.1 Å². The van der Waals surface area contributed by atoms with Gasteiger partial charge in [0.15, 0.2) is 9.84 Å². The van der Waals surface area contributed by atoms with Gasteiger partial charge >= 0.3 is 0 Å². The first-order valence-corrected chi connectivity index (χ1v) is 10.6. The van der Waals surface area contributed by atoms with Crippen LogP contribution in [0.25, 0.3) is 11.0 Å². The molecule has 1 amide bonds. The SMILES string of the molecule is CC[C@@H](C)N(C(=O)Cn1c(=O)cnc2ccccc21)[C@@H]1CCS(=O)(=O)C1. The number of nitrogens with zero attached hydrogens (tertiary/aromatic N) is 3. The van der Waals surface area contributed by atoms with Gasteiger partial charge in [-0.3, -0.25) is 14.2 Å². The molecule has 26 heavy (non-hydrogen) atoms. The van der Waals surface area contributed by atoms with Crippen LogP contribution < -0.4 is 5.56 Å². The topological polar surface area (TPSA) is 89.3 Å². The summed E-state index contributed by atoms with van der Waals surface area (Å²) in [6.45, 7) is 3.75. The van der Waals surface area contributed by atoms with Gasteiger partial charge in [-0.15, -0.1) is 0 Å². The maximum Gasteiger partial charge on any atom is 0.269 e. The summed E-state index contributed by atoms with van der Waals surface area (Å²) in [6.07, 6.45) is 2.38. The number of carbonyl (C=O) groups excluding carboxylic acids is 1. The van der Waals surface area contributed by atoms with E-state index in [4.69, 9.17) is 0 Å². The fraction of sp³-hybridized carbons (Fsp3) is 0.500. The van der Waals surface area contributed by atoms with E-state index in [1.165, 1.54) is 10.8 Å². The zero-order chi connectivity index (χ0) is 18.9. The molecule has 0 spiro atoms. The Morgan fingerprint density at radius 1 is 1.38 bits per heavy atom. The third-order valence-corrected chi connectivity index (χ3v) is 6.75. The second-order valence-electron chi connectivity index (χ2n) is 6.79. The normalized spacial score (nSPS) is 20.2. The highest BCUT2D eigenvalue weighted by Gasteiger charge is 2.36. The van der Waals surface area contributed by atoms with Crippen LogP contribution in [0, 0.1) is 0 Å². The molecule has 140 valence electrons. The molecule has 1 aliphatic rings. The van der Waals surface area contributed by atoms with Crippen LogP contribution in [0.1, 0.15) is 26.7 Å². The van der Waals surface area contributed by atoms with Crippen molar-refractivity contribution in [3.05, 3.63) is 40.8 Å². The molecular weight excluding hydrogens is 354 g/mol. The fourth-order valence-corrected chi connectivity index (χ4v) is 5.21. The highest BCUT2D eigenvalue weighted by atomic mass is 32.2. The lowest BCUT2D eigenvalue weighted by Gasteiger charge is -2.34. The number of sulfone groups is 1. The van der Waals surface area contributed by atoms with E-state index in [1.807, 2.05) is 19.9 Å². The van der Waals surface area contributed by atoms with E-state index >= 15 is 0 Å². The van der Waals surface area contributed by atoms with Gasteiger partial charge in [0, 0.05) is 12.1 Å². The van der Waals surface area contributed by atoms with Crippen LogP contribution in [-0.4, -0.2) is 52.4 Å². The molecule has 2 heterocycles. The van der Waals surface area contributed by atoms with Crippen molar-refractivity contribution in [2.45, 2.75) is 45.3 Å². The first-order valence-electron chi connectivity index (χ1n) is 8.78. The molecular formula is C18H23N3O4S. The lowest BCUT2D eigenvalue weighted by molar-refractivity contribution is -0.136. The van der Waals surface area contributed by atoms with Crippen molar-refractivity contribution in [2.75, 3.05) is 11.5 Å². The molecule has 0 unspecified atom stereocenters. The van der Waals surface area contributed by atoms with E-state index in [0.717, 1.165) is 0 Å². The van der Waals surface area contributed by atoms with Gasteiger partial charge in [0.2, 0.25) is 5.91 Å². The van der Waals surface area contributed by atoms with Crippen molar-refractivity contribution < 1.29 is 13.2 Å². The third-order valence-electron chi connectivity index (χ3n) is 5.00. The van der Waals surface area contributed by atoms with Crippen molar-refractivity contribution in [1.29, 1.82) is 0 Å². The number of carbonyl (C=O) groups is 1. The van der Waals surface area contributed by atoms with Gasteiger partial charge in [0.25, 0.3) is 5.56 Å². The van der Waals surface area contributed by atoms with Crippen molar-refractivity contribution in [3.63, 3.8) is 0 Å². The van der Waals surface area contributed by atoms with Crippen LogP contribution in [0.15, 0.2) is 35.3 Å². The Morgan fingerprint density at radius 2 is 2.12 bits per heavy atom. The predicted molar refractivity (Wildman–Crippen MR) is 99.7 cm³/mol. The van der Waals surface area contributed by atoms with Crippen molar-refractivity contribution in [2.24, 2.45) is 0 Å². The van der Waals surface area contributed by atoms with E-state index in [9.17, 15) is 18.0 Å². The number of rotatable bonds is 5. The van der Waals surface area contributed by atoms with Crippen molar-refractivity contribution >= 4 is 26.8 Å². The Hall–Kier alpha value is -2.22. The Labute approximate surface area is 152 Å². The Balaban J connectivity index is 1.94. The summed E-state index contributed by atoms with van der Waals surface area (Å²) < 4.78 is 25.1. The van der Waals surface area contributed by atoms with Gasteiger partial charge < -0.3 is 4.90 Å². The number of hydrogen-bond acceptors (Lipinski definition) is 5. The van der Waals surface area contributed by atoms with Gasteiger partial charge in [-0.05, 0) is 31.9 Å². The van der Waals surface area contributed by atoms with E-state index < -0.39 is 9.84 Å². The standard InChI is InChI=1S/C18H23N3O4S/c1-3-13(2)21(14-8-9-26(24,25)12-14)18(23)11-20-16-7-5-4-6-15(16)19-10-17(20)22/h4-7,10,13-14H,3,8-9,11-12H2,1-2H3/t13-,14-/m1/s1. The zero-order valence-electron chi connectivity index (χ0n) is 15.0. The molecule has 8 heteroatoms. The molecule has 0 bridgehead atoms. The first kappa shape index (κ1) is 18.6. The summed E-state index contributed by atoms with van der Waals surface area (Å²) in [5.74, 6) is -0.134. The Morgan fingerprint density at radius 3 is 2.77 bits per heavy atom. The molecule has 1 aliphatic heterocycles. The van der Waals surface area contributed by atoms with E-state index in [-0.39, 0.29) is 41.6 Å². The average Bonchev–Trinajstić information content (AvgIpc) is 2.96. The Kier molecular flexibility index (Phi) is 5.13. The van der Waals surface area contributed by atoms with Gasteiger partial charge in [-0.25, -0.2) is 13.4 Å². The van der Waals surface area contributed by atoms with Crippen LogP contribution in [0.4, 0.5) is 0 Å². The van der Waals surface area contributed by atoms with Crippen LogP contribution in [-0.2, 0) is 21.2 Å². The van der Waals surface area contributed by atoms with Crippen LogP contribution in [0.3, 0.4) is 0 Å². The van der Waals surface area contributed by atoms with Crippen molar-refractivity contribution in [1.82, 2.24) is 14.5 Å². The van der Waals surface area contributed by atoms with Gasteiger partial charge in [0.1, 0.15) is 6.54 Å². The van der Waals surface area contributed by atoms with Crippen LogP contribution >= 0.6 is 0 Å². The predicted octanol–water partition coefficient (Wildman–Crippen LogP) is 1.21. The smallest absolute Gasteiger partial charge is 0.269 e. The molecule has 2 aromatic rings. The van der Waals surface area contributed by atoms with Crippen LogP contribution in [0.2, 0.25) is 0 Å². The second kappa shape index (κ2) is 7.19. The molecule has 0 radical (unpaired) electrons. The summed E-state index contributed by atoms with van der Waals surface area (Å²) in [4.78, 5) is 31.1. The van der Waals surface area contributed by atoms with E-state index in [0.29, 0.717) is 23.9 Å². The highest BCUT2D eigenvalue weighted by molar-refractivity contribution is 7.91. The monoisotopic (exact) mass is 377 g/mol. The highest BCUT2D eigenvalue weighted by Crippen LogP contribution is 2.22. The number of aromatic nitrogens is 2. The summed E-state index contributed by atoms with van der Waals surface area (Å²) in [7, 11) is -3.10. The van der Waals surface area contributed by atoms with E-state index in [1.54, 1.807) is 23.1 Å². The number of para-hydroxylation sites is 2. The van der Waals surface area contributed by atoms with Gasteiger partial charge in [-0.2, -0.15) is 0 Å². The summed E-state index contributed by atoms with van der Waals surface area (Å²) >= 11 is 0. The summed E-state index contributed by atoms with van der Waals surface area (Å²) in [5.41, 5.74) is 0.884. The lowest BCUT2D eigenvalue weighted by Crippen LogP contribution is -2.48.